The van der Waals surface area contributed by atoms with Crippen LogP contribution in [0.5, 0.6) is 11.5 Å². The first-order valence-electron chi connectivity index (χ1n) is 12.0. The Hall–Kier alpha value is -3.64. The second-order valence-electron chi connectivity index (χ2n) is 8.86. The highest BCUT2D eigenvalue weighted by Crippen LogP contribution is 2.37. The number of carbonyl (C=O) groups is 1. The maximum Gasteiger partial charge on any atom is 0.234 e. The molecule has 9 heteroatoms. The Labute approximate surface area is 218 Å². The number of nitrogens with zero attached hydrogens (tertiary/aromatic N) is 1. The highest BCUT2D eigenvalue weighted by Gasteiger charge is 2.29. The van der Waals surface area contributed by atoms with E-state index in [1.54, 1.807) is 13.2 Å². The number of aryl methyl sites for hydroxylation is 1. The lowest BCUT2D eigenvalue weighted by atomic mass is 9.95. The van der Waals surface area contributed by atoms with Crippen LogP contribution in [0.3, 0.4) is 0 Å². The molecule has 0 fully saturated rings. The van der Waals surface area contributed by atoms with E-state index in [9.17, 15) is 4.79 Å². The van der Waals surface area contributed by atoms with E-state index < -0.39 is 11.6 Å². The largest absolute Gasteiger partial charge is 0.496 e. The van der Waals surface area contributed by atoms with Crippen LogP contribution in [-0.4, -0.2) is 32.0 Å². The van der Waals surface area contributed by atoms with Gasteiger partial charge in [0.15, 0.2) is 22.9 Å². The molecule has 0 bridgehead atoms. The van der Waals surface area contributed by atoms with Gasteiger partial charge in [-0.25, -0.2) is 9.37 Å². The van der Waals surface area contributed by atoms with E-state index in [0.29, 0.717) is 34.1 Å². The highest BCUT2D eigenvalue weighted by molar-refractivity contribution is 7.28. The normalized spacial score (nSPS) is 11.9. The van der Waals surface area contributed by atoms with Crippen molar-refractivity contribution in [2.75, 3.05) is 31.9 Å². The molecule has 0 saturated heterocycles. The molecule has 0 aliphatic heterocycles. The van der Waals surface area contributed by atoms with Gasteiger partial charge in [0, 0.05) is 29.5 Å². The van der Waals surface area contributed by atoms with Gasteiger partial charge in [0.25, 0.3) is 0 Å². The molecule has 2 aromatic carbocycles. The van der Waals surface area contributed by atoms with Crippen molar-refractivity contribution in [1.29, 1.82) is 0 Å². The molecule has 2 unspecified atom stereocenters. The summed E-state index contributed by atoms with van der Waals surface area (Å²) in [5.41, 5.74) is 3.98. The Balaban J connectivity index is 1.80. The number of furan rings is 1. The van der Waals surface area contributed by atoms with Crippen molar-refractivity contribution in [1.82, 2.24) is 4.98 Å². The number of rotatable bonds is 9. The molecule has 2 atom stereocenters. The smallest absolute Gasteiger partial charge is 0.234 e. The Morgan fingerprint density at radius 3 is 2.57 bits per heavy atom. The van der Waals surface area contributed by atoms with E-state index in [4.69, 9.17) is 13.9 Å². The van der Waals surface area contributed by atoms with Crippen molar-refractivity contribution >= 4 is 48.5 Å². The Morgan fingerprint density at radius 1 is 1.19 bits per heavy atom. The summed E-state index contributed by atoms with van der Waals surface area (Å²) in [5, 5.41) is 7.36. The number of benzene rings is 2. The lowest BCUT2D eigenvalue weighted by Gasteiger charge is -2.17. The minimum absolute atomic E-state index is 0.0370. The molecule has 2 aromatic heterocycles. The third-order valence-corrected chi connectivity index (χ3v) is 7.12. The van der Waals surface area contributed by atoms with Gasteiger partial charge in [0.05, 0.1) is 31.7 Å². The van der Waals surface area contributed by atoms with E-state index in [2.05, 4.69) is 57.8 Å². The number of methoxy groups -OCH3 is 2. The van der Waals surface area contributed by atoms with Crippen LogP contribution < -0.4 is 25.4 Å². The average Bonchev–Trinajstić information content (AvgIpc) is 3.27. The van der Waals surface area contributed by atoms with E-state index >= 15 is 4.39 Å². The average molecular weight is 524 g/mol. The third-order valence-electron chi connectivity index (χ3n) is 6.54. The van der Waals surface area contributed by atoms with Crippen LogP contribution in [-0.2, 0) is 0 Å². The first kappa shape index (κ1) is 26.4. The van der Waals surface area contributed by atoms with Gasteiger partial charge < -0.3 is 24.5 Å². The maximum absolute atomic E-state index is 15.2. The van der Waals surface area contributed by atoms with Gasteiger partial charge in [0.1, 0.15) is 11.6 Å². The number of hydrogen-bond donors (Lipinski definition) is 2. The van der Waals surface area contributed by atoms with Crippen LogP contribution in [0.4, 0.5) is 21.6 Å². The molecular formula is C28H31FN3O4P. The number of ether oxygens (including phenoxy) is 2. The van der Waals surface area contributed by atoms with Crippen LogP contribution in [0.2, 0.25) is 0 Å². The van der Waals surface area contributed by atoms with Gasteiger partial charge in [-0.3, -0.25) is 4.79 Å². The number of halogens is 1. The van der Waals surface area contributed by atoms with Gasteiger partial charge in [0.2, 0.25) is 5.78 Å². The molecule has 37 heavy (non-hydrogen) atoms. The van der Waals surface area contributed by atoms with E-state index in [1.165, 1.54) is 31.4 Å². The molecule has 0 radical (unpaired) electrons. The molecule has 0 aliphatic carbocycles. The molecule has 2 heterocycles. The molecule has 0 amide bonds. The molecule has 4 aromatic rings. The minimum atomic E-state index is -0.793. The number of fused-ring (bicyclic) bond motifs is 1. The maximum atomic E-state index is 15.2. The summed E-state index contributed by atoms with van der Waals surface area (Å²) in [6.07, 6.45) is 2.56. The highest BCUT2D eigenvalue weighted by atomic mass is 31.0. The monoisotopic (exact) mass is 523 g/mol. The van der Waals surface area contributed by atoms with E-state index in [1.807, 2.05) is 12.1 Å². The zero-order chi connectivity index (χ0) is 26.9. The molecule has 7 nitrogen and oxygen atoms in total. The molecule has 2 N–H and O–H groups in total. The summed E-state index contributed by atoms with van der Waals surface area (Å²) in [5.74, 6) is -0.310. The lowest BCUT2D eigenvalue weighted by Crippen LogP contribution is -2.17. The molecule has 0 saturated carbocycles. The van der Waals surface area contributed by atoms with Crippen LogP contribution in [0.15, 0.2) is 40.9 Å². The summed E-state index contributed by atoms with van der Waals surface area (Å²) in [4.78, 5) is 18.1. The predicted octanol–water partition coefficient (Wildman–Crippen LogP) is 6.32. The number of pyridine rings is 1. The number of aromatic nitrogens is 1. The first-order chi connectivity index (χ1) is 17.7. The standard InChI is InChI=1S/C28H31FN3O4P/c1-7-15(3)16-10-14(2)8-9-18(16)32-22-11-17-21(13-31-22)36-27(25(17)30-4)26(33)23-24(29)19(34-5)12-20(35-6)28(23)37/h8-13,15,30H,7,37H2,1-6H3,(H,31,32). The number of carbonyl (C=O) groups excluding carboxylic acids is 1. The topological polar surface area (TPSA) is 85.6 Å². The van der Waals surface area contributed by atoms with Crippen molar-refractivity contribution in [2.45, 2.75) is 33.1 Å². The molecule has 194 valence electrons. The number of anilines is 3. The number of ketones is 1. The van der Waals surface area contributed by atoms with Crippen molar-refractivity contribution in [3.63, 3.8) is 0 Å². The van der Waals surface area contributed by atoms with Crippen molar-refractivity contribution in [3.8, 4) is 11.5 Å². The summed E-state index contributed by atoms with van der Waals surface area (Å²) < 4.78 is 31.6. The third kappa shape index (κ3) is 4.86. The summed E-state index contributed by atoms with van der Waals surface area (Å²) in [6.45, 7) is 6.42. The second kappa shape index (κ2) is 10.8. The fourth-order valence-corrected chi connectivity index (χ4v) is 4.78. The molecule has 0 spiro atoms. The van der Waals surface area contributed by atoms with Crippen LogP contribution in [0.25, 0.3) is 11.0 Å². The quantitative estimate of drug-likeness (QED) is 0.196. The Kier molecular flexibility index (Phi) is 7.69. The lowest BCUT2D eigenvalue weighted by molar-refractivity contribution is 0.101. The number of nitrogens with one attached hydrogen (secondary N) is 2. The SMILES string of the molecule is CCC(C)c1cc(C)ccc1Nc1cc2c(NC)c(C(=O)c3c(F)c(OC)cc(OC)c3P)oc2cn1. The van der Waals surface area contributed by atoms with Gasteiger partial charge in [-0.05, 0) is 37.0 Å². The van der Waals surface area contributed by atoms with Crippen LogP contribution >= 0.6 is 9.24 Å². The second-order valence-corrected chi connectivity index (χ2v) is 9.44. The fraction of sp³-hybridized carbons (Fsp3) is 0.286. The van der Waals surface area contributed by atoms with Crippen LogP contribution in [0.1, 0.15) is 53.4 Å². The Morgan fingerprint density at radius 2 is 1.92 bits per heavy atom. The molecule has 4 rings (SSSR count). The van der Waals surface area contributed by atoms with Crippen molar-refractivity contribution in [3.05, 3.63) is 64.8 Å². The van der Waals surface area contributed by atoms with Gasteiger partial charge in [-0.2, -0.15) is 0 Å². The van der Waals surface area contributed by atoms with Crippen molar-refractivity contribution < 1.29 is 23.1 Å². The van der Waals surface area contributed by atoms with Gasteiger partial charge >= 0.3 is 0 Å². The van der Waals surface area contributed by atoms with E-state index in [-0.39, 0.29) is 22.4 Å². The van der Waals surface area contributed by atoms with Gasteiger partial charge in [-0.1, -0.05) is 31.5 Å². The zero-order valence-electron chi connectivity index (χ0n) is 21.8. The van der Waals surface area contributed by atoms with Crippen molar-refractivity contribution in [2.24, 2.45) is 0 Å². The van der Waals surface area contributed by atoms with E-state index in [0.717, 1.165) is 12.1 Å². The zero-order valence-corrected chi connectivity index (χ0v) is 22.9. The van der Waals surface area contributed by atoms with Crippen LogP contribution in [0, 0.1) is 12.7 Å². The summed E-state index contributed by atoms with van der Waals surface area (Å²) >= 11 is 0. The summed E-state index contributed by atoms with van der Waals surface area (Å²) in [7, 11) is 6.82. The molecular weight excluding hydrogens is 492 g/mol. The minimum Gasteiger partial charge on any atom is -0.496 e. The Bertz CT molecular complexity index is 1460. The fourth-order valence-electron chi connectivity index (χ4n) is 4.32. The first-order valence-corrected chi connectivity index (χ1v) is 12.5. The predicted molar refractivity (Wildman–Crippen MR) is 149 cm³/mol. The molecule has 0 aliphatic rings. The number of hydrogen-bond acceptors (Lipinski definition) is 7. The summed E-state index contributed by atoms with van der Waals surface area (Å²) in [6, 6.07) is 9.49. The van der Waals surface area contributed by atoms with Gasteiger partial charge in [-0.15, -0.1) is 9.24 Å².